The molecule has 3 unspecified atom stereocenters. The molecule has 5 atom stereocenters. The largest absolute Gasteiger partial charge is 0.505 e. The smallest absolute Gasteiger partial charge is 0.332 e. The number of rotatable bonds is 12. The van der Waals surface area contributed by atoms with E-state index in [1.807, 2.05) is 13.8 Å². The summed E-state index contributed by atoms with van der Waals surface area (Å²) in [5, 5.41) is 15.1. The van der Waals surface area contributed by atoms with Gasteiger partial charge in [0, 0.05) is 6.42 Å². The summed E-state index contributed by atoms with van der Waals surface area (Å²) in [7, 11) is 0. The fourth-order valence-electron chi connectivity index (χ4n) is 4.40. The lowest BCUT2D eigenvalue weighted by molar-refractivity contribution is -0.175. The van der Waals surface area contributed by atoms with E-state index in [0.29, 0.717) is 19.3 Å². The summed E-state index contributed by atoms with van der Waals surface area (Å²) in [6.07, 6.45) is 1.17. The summed E-state index contributed by atoms with van der Waals surface area (Å²) in [4.78, 5) is 62.9. The highest BCUT2D eigenvalue weighted by molar-refractivity contribution is 6.01. The van der Waals surface area contributed by atoms with Crippen LogP contribution < -0.4 is 10.6 Å². The van der Waals surface area contributed by atoms with E-state index >= 15 is 0 Å². The van der Waals surface area contributed by atoms with Crippen molar-refractivity contribution in [3.63, 3.8) is 0 Å². The molecule has 11 nitrogen and oxygen atoms in total. The second-order valence-electron chi connectivity index (χ2n) is 10.2. The van der Waals surface area contributed by atoms with E-state index in [1.54, 1.807) is 0 Å². The number of amides is 2. The van der Waals surface area contributed by atoms with E-state index in [4.69, 9.17) is 14.2 Å². The lowest BCUT2D eigenvalue weighted by Gasteiger charge is -2.29. The highest BCUT2D eigenvalue weighted by Gasteiger charge is 2.44. The van der Waals surface area contributed by atoms with Crippen molar-refractivity contribution in [2.24, 2.45) is 11.8 Å². The maximum absolute atomic E-state index is 13.4. The van der Waals surface area contributed by atoms with Gasteiger partial charge in [0.1, 0.15) is 12.2 Å². The van der Waals surface area contributed by atoms with Gasteiger partial charge in [0.25, 0.3) is 5.91 Å². The summed E-state index contributed by atoms with van der Waals surface area (Å²) < 4.78 is 16.9. The fraction of sp³-hybridized carbons (Fsp3) is 0.607. The number of hydrogen-bond donors (Lipinski definition) is 3. The van der Waals surface area contributed by atoms with Crippen molar-refractivity contribution in [2.75, 3.05) is 5.32 Å². The number of hydrogen-bond acceptors (Lipinski definition) is 9. The lowest BCUT2D eigenvalue weighted by Crippen LogP contribution is -2.50. The van der Waals surface area contributed by atoms with Gasteiger partial charge in [-0.05, 0) is 38.3 Å². The number of benzene rings is 1. The summed E-state index contributed by atoms with van der Waals surface area (Å²) in [5.74, 6) is -4.26. The topological polar surface area (TPSA) is 157 Å². The number of aromatic hydroxyl groups is 1. The van der Waals surface area contributed by atoms with Gasteiger partial charge in [-0.25, -0.2) is 4.79 Å². The zero-order valence-corrected chi connectivity index (χ0v) is 23.2. The first-order chi connectivity index (χ1) is 18.5. The van der Waals surface area contributed by atoms with Crippen LogP contribution in [-0.2, 0) is 33.4 Å². The summed E-state index contributed by atoms with van der Waals surface area (Å²) in [6.45, 7) is 8.77. The Labute approximate surface area is 228 Å². The van der Waals surface area contributed by atoms with Crippen molar-refractivity contribution in [1.82, 2.24) is 5.32 Å². The second kappa shape index (κ2) is 15.1. The Hall–Kier alpha value is -3.63. The molecule has 2 rings (SSSR count). The van der Waals surface area contributed by atoms with Gasteiger partial charge in [0.05, 0.1) is 17.2 Å². The lowest BCUT2D eigenvalue weighted by atomic mass is 9.92. The maximum Gasteiger partial charge on any atom is 0.332 e. The highest BCUT2D eigenvalue weighted by Crippen LogP contribution is 2.29. The molecule has 216 valence electrons. The van der Waals surface area contributed by atoms with Crippen LogP contribution in [0.4, 0.5) is 5.69 Å². The first-order valence-corrected chi connectivity index (χ1v) is 13.4. The normalized spacial score (nSPS) is 23.5. The van der Waals surface area contributed by atoms with Gasteiger partial charge in [-0.15, -0.1) is 0 Å². The first-order valence-electron chi connectivity index (χ1n) is 13.4. The van der Waals surface area contributed by atoms with Crippen LogP contribution in [0.15, 0.2) is 18.2 Å². The second-order valence-corrected chi connectivity index (χ2v) is 10.2. The SMILES string of the molecule is CCCCCC[C@H]1C(=O)OC(C)C(NC(=O)c2cccc(NC=O)c2O)C(=O)O[C@@H](C)C1OC(=O)CC(C)C. The molecule has 1 heterocycles. The van der Waals surface area contributed by atoms with Gasteiger partial charge in [0.2, 0.25) is 6.41 Å². The minimum atomic E-state index is -1.42. The molecule has 2 amide bonds. The molecule has 1 aromatic rings. The third-order valence-corrected chi connectivity index (χ3v) is 6.48. The average Bonchev–Trinajstić information content (AvgIpc) is 2.88. The van der Waals surface area contributed by atoms with E-state index in [0.717, 1.165) is 19.3 Å². The molecular weight excluding hydrogens is 508 g/mol. The van der Waals surface area contributed by atoms with Crippen molar-refractivity contribution < 1.29 is 43.3 Å². The van der Waals surface area contributed by atoms with Crippen LogP contribution in [0.5, 0.6) is 5.75 Å². The molecule has 0 aliphatic carbocycles. The number of ether oxygens (including phenoxy) is 3. The van der Waals surface area contributed by atoms with Crippen LogP contribution in [-0.4, -0.2) is 59.7 Å². The Morgan fingerprint density at radius 3 is 2.41 bits per heavy atom. The Morgan fingerprint density at radius 2 is 1.77 bits per heavy atom. The quantitative estimate of drug-likeness (QED) is 0.117. The predicted octanol–water partition coefficient (Wildman–Crippen LogP) is 3.48. The number of nitrogens with one attached hydrogen (secondary N) is 2. The standard InChI is InChI=1S/C28H40N2O9/c1-6-7-8-9-11-20-25(39-22(32)14-16(2)3)18(5)38-28(36)23(17(4)37-27(20)35)30-26(34)19-12-10-13-21(24(19)33)29-15-31/h10,12-13,15-18,20,23,25,33H,6-9,11,14H2,1-5H3,(H,29,31)(H,30,34)/t17?,18-,20+,23?,25?/m0/s1. The molecule has 0 aromatic heterocycles. The molecule has 11 heteroatoms. The van der Waals surface area contributed by atoms with Crippen molar-refractivity contribution in [3.05, 3.63) is 23.8 Å². The van der Waals surface area contributed by atoms with Crippen LogP contribution in [0.3, 0.4) is 0 Å². The summed E-state index contributed by atoms with van der Waals surface area (Å²) >= 11 is 0. The van der Waals surface area contributed by atoms with Gasteiger partial charge in [-0.3, -0.25) is 19.2 Å². The van der Waals surface area contributed by atoms with Crippen LogP contribution in [0.2, 0.25) is 0 Å². The zero-order valence-electron chi connectivity index (χ0n) is 23.2. The third-order valence-electron chi connectivity index (χ3n) is 6.48. The first kappa shape index (κ1) is 31.6. The highest BCUT2D eigenvalue weighted by atomic mass is 16.6. The Bertz CT molecular complexity index is 1030. The molecule has 1 aliphatic heterocycles. The Morgan fingerprint density at radius 1 is 1.08 bits per heavy atom. The van der Waals surface area contributed by atoms with Crippen LogP contribution >= 0.6 is 0 Å². The third kappa shape index (κ3) is 8.97. The van der Waals surface area contributed by atoms with Crippen molar-refractivity contribution in [3.8, 4) is 5.75 Å². The number of cyclic esters (lactones) is 2. The van der Waals surface area contributed by atoms with E-state index in [1.165, 1.54) is 32.0 Å². The fourth-order valence-corrected chi connectivity index (χ4v) is 4.40. The van der Waals surface area contributed by atoms with E-state index in [9.17, 15) is 29.1 Å². The molecule has 0 radical (unpaired) electrons. The summed E-state index contributed by atoms with van der Waals surface area (Å²) in [6, 6.07) is 2.71. The van der Waals surface area contributed by atoms with Crippen molar-refractivity contribution in [2.45, 2.75) is 97.5 Å². The number of esters is 3. The molecule has 1 fully saturated rings. The van der Waals surface area contributed by atoms with Gasteiger partial charge >= 0.3 is 17.9 Å². The number of carbonyl (C=O) groups excluding carboxylic acids is 5. The van der Waals surface area contributed by atoms with Crippen molar-refractivity contribution in [1.29, 1.82) is 0 Å². The van der Waals surface area contributed by atoms with Crippen LogP contribution in [0, 0.1) is 11.8 Å². The molecule has 0 spiro atoms. The van der Waals surface area contributed by atoms with Gasteiger partial charge in [-0.1, -0.05) is 52.5 Å². The average molecular weight is 549 g/mol. The van der Waals surface area contributed by atoms with Crippen molar-refractivity contribution >= 4 is 35.9 Å². The number of phenolic OH excluding ortho intramolecular Hbond substituents is 1. The monoisotopic (exact) mass is 548 g/mol. The van der Waals surface area contributed by atoms with E-state index in [2.05, 4.69) is 17.6 Å². The molecule has 39 heavy (non-hydrogen) atoms. The molecule has 0 saturated carbocycles. The molecular formula is C28H40N2O9. The number of anilines is 1. The molecule has 1 aromatic carbocycles. The number of phenols is 1. The van der Waals surface area contributed by atoms with Crippen LogP contribution in [0.1, 0.15) is 83.5 Å². The zero-order chi connectivity index (χ0) is 29.1. The van der Waals surface area contributed by atoms with Gasteiger partial charge < -0.3 is 30.0 Å². The predicted molar refractivity (Wildman–Crippen MR) is 142 cm³/mol. The maximum atomic E-state index is 13.4. The van der Waals surface area contributed by atoms with Gasteiger partial charge in [-0.2, -0.15) is 0 Å². The van der Waals surface area contributed by atoms with Crippen LogP contribution in [0.25, 0.3) is 0 Å². The number of para-hydroxylation sites is 1. The molecule has 3 N–H and O–H groups in total. The number of unbranched alkanes of at least 4 members (excludes halogenated alkanes) is 3. The molecule has 1 aliphatic rings. The van der Waals surface area contributed by atoms with E-state index in [-0.39, 0.29) is 23.6 Å². The minimum Gasteiger partial charge on any atom is -0.505 e. The van der Waals surface area contributed by atoms with Gasteiger partial charge in [0.15, 0.2) is 17.9 Å². The van der Waals surface area contributed by atoms with E-state index < -0.39 is 59.8 Å². The number of carbonyl (C=O) groups is 5. The minimum absolute atomic E-state index is 0.000221. The molecule has 1 saturated heterocycles. The Balaban J connectivity index is 2.33. The molecule has 0 bridgehead atoms. The summed E-state index contributed by atoms with van der Waals surface area (Å²) in [5.41, 5.74) is -0.213. The Kier molecular flexibility index (Phi) is 12.2.